The van der Waals surface area contributed by atoms with Crippen LogP contribution in [0.2, 0.25) is 0 Å². The number of fused-ring (bicyclic) bond motifs is 1. The van der Waals surface area contributed by atoms with E-state index in [9.17, 15) is 14.4 Å². The SMILES string of the molecule is Cc1cc(C(=O)COC(=O)c2ccc3c(c2)CCC(=O)N3)c(C)n1-c1nccs1. The molecule has 0 atom stereocenters. The van der Waals surface area contributed by atoms with Crippen molar-refractivity contribution < 1.29 is 19.1 Å². The van der Waals surface area contributed by atoms with Gasteiger partial charge in [0.05, 0.1) is 5.56 Å². The van der Waals surface area contributed by atoms with Crippen molar-refractivity contribution in [2.24, 2.45) is 0 Å². The van der Waals surface area contributed by atoms with Crippen LogP contribution in [0.4, 0.5) is 5.69 Å². The number of ether oxygens (including phenoxy) is 1. The number of hydrogen-bond donors (Lipinski definition) is 1. The van der Waals surface area contributed by atoms with Gasteiger partial charge in [-0.25, -0.2) is 9.78 Å². The highest BCUT2D eigenvalue weighted by atomic mass is 32.1. The normalized spacial score (nSPS) is 13.0. The van der Waals surface area contributed by atoms with Gasteiger partial charge in [0.15, 0.2) is 11.7 Å². The van der Waals surface area contributed by atoms with Gasteiger partial charge in [0.2, 0.25) is 11.7 Å². The summed E-state index contributed by atoms with van der Waals surface area (Å²) >= 11 is 1.49. The molecule has 3 aromatic rings. The summed E-state index contributed by atoms with van der Waals surface area (Å²) in [6.07, 6.45) is 2.68. The molecule has 8 heteroatoms. The Morgan fingerprint density at radius 1 is 1.24 bits per heavy atom. The fraction of sp³-hybridized carbons (Fsp3) is 0.238. The van der Waals surface area contributed by atoms with E-state index in [0.717, 1.165) is 22.1 Å². The Balaban J connectivity index is 1.46. The Hall–Kier alpha value is -3.26. The van der Waals surface area contributed by atoms with E-state index in [-0.39, 0.29) is 18.3 Å². The van der Waals surface area contributed by atoms with E-state index in [2.05, 4.69) is 10.3 Å². The van der Waals surface area contributed by atoms with E-state index in [1.165, 1.54) is 11.3 Å². The topological polar surface area (TPSA) is 90.3 Å². The molecule has 0 unspecified atom stereocenters. The minimum atomic E-state index is -0.563. The van der Waals surface area contributed by atoms with Crippen LogP contribution in [0.25, 0.3) is 5.13 Å². The summed E-state index contributed by atoms with van der Waals surface area (Å²) in [5.74, 6) is -0.861. The average molecular weight is 409 g/mol. The molecular weight excluding hydrogens is 390 g/mol. The van der Waals surface area contributed by atoms with Crippen LogP contribution in [0.3, 0.4) is 0 Å². The van der Waals surface area contributed by atoms with Crippen LogP contribution in [0, 0.1) is 13.8 Å². The molecule has 29 heavy (non-hydrogen) atoms. The van der Waals surface area contributed by atoms with E-state index in [0.29, 0.717) is 29.7 Å². The molecule has 0 fully saturated rings. The van der Waals surface area contributed by atoms with Crippen molar-refractivity contribution in [2.75, 3.05) is 11.9 Å². The summed E-state index contributed by atoms with van der Waals surface area (Å²) in [7, 11) is 0. The molecule has 0 bridgehead atoms. The third-order valence-corrected chi connectivity index (χ3v) is 5.67. The third kappa shape index (κ3) is 3.71. The molecule has 148 valence electrons. The number of aromatic nitrogens is 2. The highest BCUT2D eigenvalue weighted by molar-refractivity contribution is 7.12. The van der Waals surface area contributed by atoms with Crippen molar-refractivity contribution in [1.29, 1.82) is 0 Å². The van der Waals surface area contributed by atoms with Gasteiger partial charge in [-0.05, 0) is 50.1 Å². The minimum Gasteiger partial charge on any atom is -0.454 e. The lowest BCUT2D eigenvalue weighted by atomic mass is 10.0. The van der Waals surface area contributed by atoms with Crippen molar-refractivity contribution in [3.63, 3.8) is 0 Å². The largest absolute Gasteiger partial charge is 0.454 e. The van der Waals surface area contributed by atoms with Gasteiger partial charge < -0.3 is 10.1 Å². The number of carbonyl (C=O) groups excluding carboxylic acids is 3. The van der Waals surface area contributed by atoms with Crippen molar-refractivity contribution in [3.8, 4) is 5.13 Å². The first-order chi connectivity index (χ1) is 13.9. The third-order valence-electron chi connectivity index (χ3n) is 4.91. The molecule has 0 spiro atoms. The molecule has 1 aromatic carbocycles. The van der Waals surface area contributed by atoms with Gasteiger partial charge in [-0.15, -0.1) is 11.3 Å². The summed E-state index contributed by atoms with van der Waals surface area (Å²) in [6, 6.07) is 6.77. The maximum atomic E-state index is 12.7. The van der Waals surface area contributed by atoms with Gasteiger partial charge in [0.25, 0.3) is 0 Å². The van der Waals surface area contributed by atoms with E-state index in [1.807, 2.05) is 23.8 Å². The van der Waals surface area contributed by atoms with E-state index >= 15 is 0 Å². The van der Waals surface area contributed by atoms with Gasteiger partial charge in [0.1, 0.15) is 0 Å². The molecule has 4 rings (SSSR count). The highest BCUT2D eigenvalue weighted by Crippen LogP contribution is 2.25. The fourth-order valence-corrected chi connectivity index (χ4v) is 4.22. The van der Waals surface area contributed by atoms with E-state index < -0.39 is 5.97 Å². The number of aryl methyl sites for hydroxylation is 2. The zero-order valence-corrected chi connectivity index (χ0v) is 16.8. The monoisotopic (exact) mass is 409 g/mol. The number of thiazole rings is 1. The van der Waals surface area contributed by atoms with Gasteiger partial charge in [0, 0.05) is 40.6 Å². The van der Waals surface area contributed by atoms with Crippen molar-refractivity contribution in [2.45, 2.75) is 26.7 Å². The molecule has 0 aliphatic carbocycles. The number of amides is 1. The second kappa shape index (κ2) is 7.63. The molecule has 1 aliphatic rings. The molecule has 1 aliphatic heterocycles. The number of benzene rings is 1. The van der Waals surface area contributed by atoms with Gasteiger partial charge in [-0.1, -0.05) is 0 Å². The Morgan fingerprint density at radius 3 is 2.83 bits per heavy atom. The summed E-state index contributed by atoms with van der Waals surface area (Å²) in [5.41, 5.74) is 4.13. The number of hydrogen-bond acceptors (Lipinski definition) is 6. The smallest absolute Gasteiger partial charge is 0.338 e. The number of rotatable bonds is 5. The summed E-state index contributed by atoms with van der Waals surface area (Å²) in [5, 5.41) is 5.44. The number of esters is 1. The van der Waals surface area contributed by atoms with Crippen LogP contribution in [0.1, 0.15) is 44.1 Å². The quantitative estimate of drug-likeness (QED) is 0.515. The molecule has 7 nitrogen and oxygen atoms in total. The Bertz CT molecular complexity index is 1120. The molecule has 0 radical (unpaired) electrons. The number of nitrogens with one attached hydrogen (secondary N) is 1. The van der Waals surface area contributed by atoms with Crippen LogP contribution in [0.5, 0.6) is 0 Å². The standard InChI is InChI=1S/C21H19N3O4S/c1-12-9-16(13(2)24(12)21-22-7-8-29-21)18(25)11-28-20(27)15-3-5-17-14(10-15)4-6-19(26)23-17/h3,5,7-10H,4,6,11H2,1-2H3,(H,23,26). The average Bonchev–Trinajstić information content (AvgIpc) is 3.33. The summed E-state index contributed by atoms with van der Waals surface area (Å²) in [6.45, 7) is 3.42. The number of carbonyl (C=O) groups is 3. The van der Waals surface area contributed by atoms with Gasteiger partial charge >= 0.3 is 5.97 Å². The highest BCUT2D eigenvalue weighted by Gasteiger charge is 2.21. The number of nitrogens with zero attached hydrogens (tertiary/aromatic N) is 2. The van der Waals surface area contributed by atoms with Gasteiger partial charge in [-0.2, -0.15) is 0 Å². The molecule has 0 saturated heterocycles. The molecule has 0 saturated carbocycles. The first kappa shape index (κ1) is 19.1. The lowest BCUT2D eigenvalue weighted by Crippen LogP contribution is -2.20. The number of anilines is 1. The second-order valence-electron chi connectivity index (χ2n) is 6.85. The molecule has 1 amide bonds. The van der Waals surface area contributed by atoms with Crippen molar-refractivity contribution >= 4 is 34.7 Å². The lowest BCUT2D eigenvalue weighted by Gasteiger charge is -2.17. The Kier molecular flexibility index (Phi) is 5.02. The predicted molar refractivity (Wildman–Crippen MR) is 109 cm³/mol. The van der Waals surface area contributed by atoms with Crippen LogP contribution < -0.4 is 5.32 Å². The summed E-state index contributed by atoms with van der Waals surface area (Å²) in [4.78, 5) is 40.8. The zero-order valence-electron chi connectivity index (χ0n) is 16.0. The zero-order chi connectivity index (χ0) is 20.5. The minimum absolute atomic E-state index is 0.0335. The van der Waals surface area contributed by atoms with E-state index in [1.54, 1.807) is 30.5 Å². The first-order valence-corrected chi connectivity index (χ1v) is 10.0. The molecule has 1 N–H and O–H groups in total. The predicted octanol–water partition coefficient (Wildman–Crippen LogP) is 3.48. The molecular formula is C21H19N3O4S. The summed E-state index contributed by atoms with van der Waals surface area (Å²) < 4.78 is 7.17. The first-order valence-electron chi connectivity index (χ1n) is 9.16. The van der Waals surface area contributed by atoms with Crippen LogP contribution in [0.15, 0.2) is 35.8 Å². The van der Waals surface area contributed by atoms with Crippen LogP contribution in [-0.2, 0) is 16.0 Å². The van der Waals surface area contributed by atoms with Crippen LogP contribution >= 0.6 is 11.3 Å². The van der Waals surface area contributed by atoms with Crippen molar-refractivity contribution in [1.82, 2.24) is 9.55 Å². The van der Waals surface area contributed by atoms with Gasteiger partial charge in [-0.3, -0.25) is 14.2 Å². The lowest BCUT2D eigenvalue weighted by molar-refractivity contribution is -0.116. The number of ketones is 1. The molecule has 2 aromatic heterocycles. The second-order valence-corrected chi connectivity index (χ2v) is 7.73. The maximum Gasteiger partial charge on any atom is 0.338 e. The van der Waals surface area contributed by atoms with Crippen molar-refractivity contribution in [3.05, 3.63) is 63.9 Å². The van der Waals surface area contributed by atoms with Crippen LogP contribution in [-0.4, -0.2) is 33.8 Å². The maximum absolute atomic E-state index is 12.7. The van der Waals surface area contributed by atoms with E-state index in [4.69, 9.17) is 4.74 Å². The Labute approximate surface area is 171 Å². The number of Topliss-reactive ketones (excluding diaryl/α,β-unsaturated/α-hetero) is 1. The molecule has 3 heterocycles. The fourth-order valence-electron chi connectivity index (χ4n) is 3.47. The Morgan fingerprint density at radius 2 is 2.07 bits per heavy atom.